The van der Waals surface area contributed by atoms with Crippen molar-refractivity contribution in [2.75, 3.05) is 19.5 Å². The summed E-state index contributed by atoms with van der Waals surface area (Å²) in [4.78, 5) is 24.2. The molecule has 0 radical (unpaired) electrons. The minimum absolute atomic E-state index is 0.122. The van der Waals surface area contributed by atoms with Gasteiger partial charge in [0.15, 0.2) is 17.6 Å². The van der Waals surface area contributed by atoms with Gasteiger partial charge in [-0.2, -0.15) is 5.26 Å². The first-order valence-corrected chi connectivity index (χ1v) is 8.68. The number of ether oxygens (including phenoxy) is 3. The molecule has 146 valence electrons. The van der Waals surface area contributed by atoms with Crippen LogP contribution in [-0.2, 0) is 20.7 Å². The number of carbonyl (C=O) groups excluding carboxylic acids is 2. The van der Waals surface area contributed by atoms with Gasteiger partial charge in [-0.05, 0) is 49.2 Å². The van der Waals surface area contributed by atoms with Gasteiger partial charge in [0.05, 0.1) is 25.9 Å². The molecule has 7 heteroatoms. The van der Waals surface area contributed by atoms with E-state index in [4.69, 9.17) is 19.5 Å². The van der Waals surface area contributed by atoms with Crippen LogP contribution in [0.15, 0.2) is 42.5 Å². The molecular formula is C21H22N2O5. The van der Waals surface area contributed by atoms with Crippen LogP contribution in [0.1, 0.15) is 24.5 Å². The number of methoxy groups -OCH3 is 2. The van der Waals surface area contributed by atoms with Gasteiger partial charge in [0.2, 0.25) is 0 Å². The summed E-state index contributed by atoms with van der Waals surface area (Å²) in [5.41, 5.74) is 1.79. The number of hydrogen-bond donors (Lipinski definition) is 1. The molecule has 1 N–H and O–H groups in total. The Bertz CT molecular complexity index is 889. The quantitative estimate of drug-likeness (QED) is 0.705. The molecule has 0 unspecified atom stereocenters. The van der Waals surface area contributed by atoms with E-state index in [0.29, 0.717) is 29.2 Å². The van der Waals surface area contributed by atoms with Crippen LogP contribution in [0.2, 0.25) is 0 Å². The zero-order chi connectivity index (χ0) is 20.5. The number of nitriles is 1. The Hall–Kier alpha value is -3.53. The Kier molecular flexibility index (Phi) is 7.40. The maximum atomic E-state index is 12.2. The molecule has 0 heterocycles. The van der Waals surface area contributed by atoms with E-state index in [1.165, 1.54) is 6.92 Å². The molecule has 0 aliphatic heterocycles. The molecule has 0 aliphatic carbocycles. The van der Waals surface area contributed by atoms with Crippen LogP contribution in [0.5, 0.6) is 11.5 Å². The van der Waals surface area contributed by atoms with Crippen molar-refractivity contribution in [2.24, 2.45) is 0 Å². The number of aryl methyl sites for hydroxylation is 1. The summed E-state index contributed by atoms with van der Waals surface area (Å²) in [6.45, 7) is 1.50. The van der Waals surface area contributed by atoms with Crippen molar-refractivity contribution >= 4 is 17.6 Å². The molecule has 0 aliphatic rings. The maximum absolute atomic E-state index is 12.2. The zero-order valence-corrected chi connectivity index (χ0v) is 16.0. The van der Waals surface area contributed by atoms with E-state index < -0.39 is 18.0 Å². The summed E-state index contributed by atoms with van der Waals surface area (Å²) < 4.78 is 15.6. The first-order valence-electron chi connectivity index (χ1n) is 8.68. The number of hydrogen-bond acceptors (Lipinski definition) is 6. The van der Waals surface area contributed by atoms with Gasteiger partial charge in [-0.3, -0.25) is 9.59 Å². The first-order chi connectivity index (χ1) is 13.5. The second-order valence-electron chi connectivity index (χ2n) is 6.00. The van der Waals surface area contributed by atoms with Crippen LogP contribution in [-0.4, -0.2) is 32.2 Å². The number of benzene rings is 2. The summed E-state index contributed by atoms with van der Waals surface area (Å²) in [7, 11) is 3.10. The molecule has 1 amide bonds. The largest absolute Gasteiger partial charge is 0.493 e. The summed E-state index contributed by atoms with van der Waals surface area (Å²) in [6, 6.07) is 13.9. The second-order valence-corrected chi connectivity index (χ2v) is 6.00. The number of rotatable bonds is 8. The lowest BCUT2D eigenvalue weighted by atomic mass is 10.1. The minimum atomic E-state index is -0.955. The third-order valence-electron chi connectivity index (χ3n) is 4.00. The van der Waals surface area contributed by atoms with Crippen molar-refractivity contribution in [3.8, 4) is 17.6 Å². The second kappa shape index (κ2) is 9.97. The molecule has 0 aromatic heterocycles. The first kappa shape index (κ1) is 20.8. The van der Waals surface area contributed by atoms with Gasteiger partial charge in [-0.1, -0.05) is 12.1 Å². The fraction of sp³-hybridized carbons (Fsp3) is 0.286. The highest BCUT2D eigenvalue weighted by molar-refractivity contribution is 5.95. The third-order valence-corrected chi connectivity index (χ3v) is 4.00. The molecule has 0 saturated heterocycles. The predicted molar refractivity (Wildman–Crippen MR) is 103 cm³/mol. The van der Waals surface area contributed by atoms with Crippen LogP contribution >= 0.6 is 0 Å². The highest BCUT2D eigenvalue weighted by atomic mass is 16.5. The van der Waals surface area contributed by atoms with E-state index in [2.05, 4.69) is 5.32 Å². The fourth-order valence-electron chi connectivity index (χ4n) is 2.50. The Morgan fingerprint density at radius 2 is 1.86 bits per heavy atom. The minimum Gasteiger partial charge on any atom is -0.493 e. The van der Waals surface area contributed by atoms with Crippen molar-refractivity contribution in [2.45, 2.75) is 25.9 Å². The Morgan fingerprint density at radius 1 is 1.11 bits per heavy atom. The van der Waals surface area contributed by atoms with E-state index in [9.17, 15) is 9.59 Å². The monoisotopic (exact) mass is 382 g/mol. The third kappa shape index (κ3) is 5.74. The van der Waals surface area contributed by atoms with E-state index in [-0.39, 0.29) is 6.42 Å². The van der Waals surface area contributed by atoms with E-state index in [1.807, 2.05) is 12.1 Å². The Morgan fingerprint density at radius 3 is 2.54 bits per heavy atom. The van der Waals surface area contributed by atoms with Crippen LogP contribution in [0.4, 0.5) is 5.69 Å². The van der Waals surface area contributed by atoms with E-state index in [0.717, 1.165) is 5.56 Å². The predicted octanol–water partition coefficient (Wildman–Crippen LogP) is 3.08. The molecular weight excluding hydrogens is 360 g/mol. The summed E-state index contributed by atoms with van der Waals surface area (Å²) in [5, 5.41) is 11.5. The molecule has 0 bridgehead atoms. The van der Waals surface area contributed by atoms with Gasteiger partial charge in [-0.25, -0.2) is 0 Å². The number of carbonyl (C=O) groups is 2. The lowest BCUT2D eigenvalue weighted by molar-refractivity contribution is -0.153. The van der Waals surface area contributed by atoms with Gasteiger partial charge >= 0.3 is 5.97 Å². The summed E-state index contributed by atoms with van der Waals surface area (Å²) in [5.74, 6) is 0.248. The molecule has 2 rings (SSSR count). The molecule has 2 aromatic rings. The zero-order valence-electron chi connectivity index (χ0n) is 16.0. The highest BCUT2D eigenvalue weighted by Crippen LogP contribution is 2.28. The Balaban J connectivity index is 1.86. The molecule has 2 aromatic carbocycles. The van der Waals surface area contributed by atoms with Crippen LogP contribution in [0.3, 0.4) is 0 Å². The molecule has 28 heavy (non-hydrogen) atoms. The van der Waals surface area contributed by atoms with Gasteiger partial charge in [0.1, 0.15) is 0 Å². The van der Waals surface area contributed by atoms with Crippen LogP contribution < -0.4 is 14.8 Å². The van der Waals surface area contributed by atoms with Crippen molar-refractivity contribution in [3.05, 3.63) is 53.6 Å². The van der Waals surface area contributed by atoms with Crippen LogP contribution in [0.25, 0.3) is 0 Å². The number of nitrogens with one attached hydrogen (secondary N) is 1. The van der Waals surface area contributed by atoms with Gasteiger partial charge < -0.3 is 19.5 Å². The number of anilines is 1. The van der Waals surface area contributed by atoms with Gasteiger partial charge in [0, 0.05) is 12.1 Å². The van der Waals surface area contributed by atoms with Crippen molar-refractivity contribution in [3.63, 3.8) is 0 Å². The average molecular weight is 382 g/mol. The fourth-order valence-corrected chi connectivity index (χ4v) is 2.50. The smallest absolute Gasteiger partial charge is 0.306 e. The molecule has 1 atom stereocenters. The number of amides is 1. The van der Waals surface area contributed by atoms with Gasteiger partial charge in [-0.15, -0.1) is 0 Å². The van der Waals surface area contributed by atoms with Crippen molar-refractivity contribution < 1.29 is 23.8 Å². The van der Waals surface area contributed by atoms with Gasteiger partial charge in [0.25, 0.3) is 5.91 Å². The lowest BCUT2D eigenvalue weighted by Crippen LogP contribution is -2.30. The van der Waals surface area contributed by atoms with E-state index in [1.54, 1.807) is 50.6 Å². The van der Waals surface area contributed by atoms with Crippen LogP contribution in [0, 0.1) is 11.3 Å². The maximum Gasteiger partial charge on any atom is 0.306 e. The molecule has 0 spiro atoms. The Labute approximate surface area is 163 Å². The SMILES string of the molecule is COc1ccc(CCC(=O)O[C@@H](C)C(=O)Nc2cccc(C#N)c2)cc1OC. The van der Waals surface area contributed by atoms with E-state index >= 15 is 0 Å². The summed E-state index contributed by atoms with van der Waals surface area (Å²) >= 11 is 0. The number of nitrogens with zero attached hydrogens (tertiary/aromatic N) is 1. The standard InChI is InChI=1S/C21H22N2O5/c1-14(21(25)23-17-6-4-5-16(11-17)13-22)28-20(24)10-8-15-7-9-18(26-2)19(12-15)27-3/h4-7,9,11-12,14H,8,10H2,1-3H3,(H,23,25)/t14-/m0/s1. The molecule has 0 fully saturated rings. The molecule has 7 nitrogen and oxygen atoms in total. The number of esters is 1. The van der Waals surface area contributed by atoms with Crippen molar-refractivity contribution in [1.29, 1.82) is 5.26 Å². The average Bonchev–Trinajstić information content (AvgIpc) is 2.71. The topological polar surface area (TPSA) is 97.6 Å². The summed E-state index contributed by atoms with van der Waals surface area (Å²) in [6.07, 6.45) is -0.391. The van der Waals surface area contributed by atoms with Crippen molar-refractivity contribution in [1.82, 2.24) is 0 Å². The lowest BCUT2D eigenvalue weighted by Gasteiger charge is -2.14. The highest BCUT2D eigenvalue weighted by Gasteiger charge is 2.18. The normalized spacial score (nSPS) is 11.1. The molecule has 0 saturated carbocycles.